The number of benzene rings is 2. The highest BCUT2D eigenvalue weighted by Crippen LogP contribution is 2.34. The van der Waals surface area contributed by atoms with Crippen LogP contribution in [0.15, 0.2) is 53.6 Å². The summed E-state index contributed by atoms with van der Waals surface area (Å²) in [6, 6.07) is 14.9. The van der Waals surface area contributed by atoms with Crippen LogP contribution in [0.25, 0.3) is 10.1 Å². The number of hydrazone groups is 1. The zero-order chi connectivity index (χ0) is 15.5. The van der Waals surface area contributed by atoms with Gasteiger partial charge in [0.05, 0.1) is 11.2 Å². The predicted molar refractivity (Wildman–Crippen MR) is 93.3 cm³/mol. The third-order valence-electron chi connectivity index (χ3n) is 3.02. The van der Waals surface area contributed by atoms with Crippen molar-refractivity contribution in [3.8, 4) is 0 Å². The van der Waals surface area contributed by atoms with Gasteiger partial charge in [0.25, 0.3) is 5.91 Å². The lowest BCUT2D eigenvalue weighted by Crippen LogP contribution is -2.16. The van der Waals surface area contributed by atoms with Crippen molar-refractivity contribution in [1.82, 2.24) is 5.43 Å². The molecule has 0 aliphatic heterocycles. The van der Waals surface area contributed by atoms with E-state index in [4.69, 9.17) is 23.2 Å². The molecule has 0 aliphatic carbocycles. The van der Waals surface area contributed by atoms with Gasteiger partial charge >= 0.3 is 0 Å². The molecule has 0 aliphatic rings. The van der Waals surface area contributed by atoms with Gasteiger partial charge in [-0.15, -0.1) is 11.3 Å². The standard InChI is InChI=1S/C16H10Cl2N2OS/c17-12-7-3-1-5-10(12)9-19-20-16(21)15-14(18)11-6-2-4-8-13(11)22-15/h1-9H,(H,20,21). The molecule has 3 aromatic rings. The maximum Gasteiger partial charge on any atom is 0.283 e. The fourth-order valence-corrected chi connectivity index (χ4v) is 3.54. The van der Waals surface area contributed by atoms with Crippen molar-refractivity contribution < 1.29 is 4.79 Å². The predicted octanol–water partition coefficient (Wildman–Crippen LogP) is 4.97. The molecule has 0 atom stereocenters. The van der Waals surface area contributed by atoms with Crippen molar-refractivity contribution >= 4 is 56.7 Å². The number of thiophene rings is 1. The number of nitrogens with zero attached hydrogens (tertiary/aromatic N) is 1. The monoisotopic (exact) mass is 348 g/mol. The smallest absolute Gasteiger partial charge is 0.266 e. The number of carbonyl (C=O) groups excluding carboxylic acids is 1. The first-order chi connectivity index (χ1) is 10.7. The van der Waals surface area contributed by atoms with Gasteiger partial charge in [0.1, 0.15) is 4.88 Å². The first kappa shape index (κ1) is 15.0. The summed E-state index contributed by atoms with van der Waals surface area (Å²) >= 11 is 13.6. The van der Waals surface area contributed by atoms with E-state index in [-0.39, 0.29) is 5.91 Å². The Labute approximate surface area is 141 Å². The lowest BCUT2D eigenvalue weighted by Gasteiger charge is -1.98. The van der Waals surface area contributed by atoms with E-state index in [1.165, 1.54) is 17.6 Å². The molecule has 110 valence electrons. The maximum absolute atomic E-state index is 12.2. The Hall–Kier alpha value is -1.88. The average Bonchev–Trinajstić information content (AvgIpc) is 2.87. The second-order valence-electron chi connectivity index (χ2n) is 4.46. The van der Waals surface area contributed by atoms with E-state index in [0.717, 1.165) is 15.6 Å². The third kappa shape index (κ3) is 2.99. The van der Waals surface area contributed by atoms with E-state index >= 15 is 0 Å². The Morgan fingerprint density at radius 3 is 2.59 bits per heavy atom. The highest BCUT2D eigenvalue weighted by Gasteiger charge is 2.16. The van der Waals surface area contributed by atoms with Gasteiger partial charge in [0.15, 0.2) is 0 Å². The largest absolute Gasteiger partial charge is 0.283 e. The van der Waals surface area contributed by atoms with Crippen molar-refractivity contribution in [1.29, 1.82) is 0 Å². The Morgan fingerprint density at radius 1 is 1.09 bits per heavy atom. The Balaban J connectivity index is 1.79. The number of hydrogen-bond donors (Lipinski definition) is 1. The van der Waals surface area contributed by atoms with Crippen molar-refractivity contribution in [3.63, 3.8) is 0 Å². The number of rotatable bonds is 3. The van der Waals surface area contributed by atoms with Crippen LogP contribution in [0.4, 0.5) is 0 Å². The molecular formula is C16H10Cl2N2OS. The summed E-state index contributed by atoms with van der Waals surface area (Å²) in [5, 5.41) is 5.82. The summed E-state index contributed by atoms with van der Waals surface area (Å²) in [5.74, 6) is -0.338. The molecule has 1 N–H and O–H groups in total. The number of amides is 1. The second kappa shape index (κ2) is 6.48. The second-order valence-corrected chi connectivity index (χ2v) is 6.30. The van der Waals surface area contributed by atoms with Crippen LogP contribution in [-0.2, 0) is 0 Å². The minimum absolute atomic E-state index is 0.338. The molecule has 0 fully saturated rings. The van der Waals surface area contributed by atoms with Gasteiger partial charge in [-0.1, -0.05) is 59.6 Å². The maximum atomic E-state index is 12.2. The van der Waals surface area contributed by atoms with Crippen LogP contribution in [0.3, 0.4) is 0 Å². The molecule has 0 radical (unpaired) electrons. The van der Waals surface area contributed by atoms with Gasteiger partial charge in [-0.2, -0.15) is 5.10 Å². The van der Waals surface area contributed by atoms with Crippen LogP contribution in [0.2, 0.25) is 10.0 Å². The lowest BCUT2D eigenvalue weighted by molar-refractivity contribution is 0.0959. The zero-order valence-corrected chi connectivity index (χ0v) is 13.5. The van der Waals surface area contributed by atoms with E-state index in [2.05, 4.69) is 10.5 Å². The van der Waals surface area contributed by atoms with Crippen LogP contribution < -0.4 is 5.43 Å². The number of carbonyl (C=O) groups is 1. The van der Waals surface area contributed by atoms with Gasteiger partial charge in [0, 0.05) is 20.7 Å². The van der Waals surface area contributed by atoms with Gasteiger partial charge in [-0.05, 0) is 12.1 Å². The first-order valence-corrected chi connectivity index (χ1v) is 7.99. The number of hydrogen-bond acceptors (Lipinski definition) is 3. The van der Waals surface area contributed by atoms with E-state index < -0.39 is 0 Å². The summed E-state index contributed by atoms with van der Waals surface area (Å²) in [6.07, 6.45) is 1.50. The minimum atomic E-state index is -0.338. The Morgan fingerprint density at radius 2 is 1.82 bits per heavy atom. The van der Waals surface area contributed by atoms with E-state index in [9.17, 15) is 4.79 Å². The van der Waals surface area contributed by atoms with Gasteiger partial charge < -0.3 is 0 Å². The van der Waals surface area contributed by atoms with Gasteiger partial charge in [-0.3, -0.25) is 4.79 Å². The minimum Gasteiger partial charge on any atom is -0.266 e. The normalized spacial score (nSPS) is 11.2. The summed E-state index contributed by atoms with van der Waals surface area (Å²) < 4.78 is 0.965. The molecule has 6 heteroatoms. The average molecular weight is 349 g/mol. The topological polar surface area (TPSA) is 41.5 Å². The van der Waals surface area contributed by atoms with Gasteiger partial charge in [-0.25, -0.2) is 5.43 Å². The molecule has 1 heterocycles. The first-order valence-electron chi connectivity index (χ1n) is 6.42. The molecule has 3 rings (SSSR count). The molecule has 0 bridgehead atoms. The van der Waals surface area contributed by atoms with Crippen LogP contribution >= 0.6 is 34.5 Å². The quantitative estimate of drug-likeness (QED) is 0.526. The van der Waals surface area contributed by atoms with Gasteiger partial charge in [0.2, 0.25) is 0 Å². The summed E-state index contributed by atoms with van der Waals surface area (Å²) in [6.45, 7) is 0. The molecule has 22 heavy (non-hydrogen) atoms. The van der Waals surface area contributed by atoms with Crippen molar-refractivity contribution in [2.45, 2.75) is 0 Å². The van der Waals surface area contributed by atoms with E-state index in [0.29, 0.717) is 14.9 Å². The van der Waals surface area contributed by atoms with E-state index in [1.54, 1.807) is 6.07 Å². The van der Waals surface area contributed by atoms with E-state index in [1.807, 2.05) is 42.5 Å². The Bertz CT molecular complexity index is 873. The molecule has 0 saturated heterocycles. The molecule has 0 saturated carbocycles. The lowest BCUT2D eigenvalue weighted by atomic mass is 10.2. The fraction of sp³-hybridized carbons (Fsp3) is 0. The number of nitrogens with one attached hydrogen (secondary N) is 1. The zero-order valence-electron chi connectivity index (χ0n) is 11.2. The molecule has 3 nitrogen and oxygen atoms in total. The van der Waals surface area contributed by atoms with Crippen molar-refractivity contribution in [3.05, 3.63) is 69.0 Å². The summed E-state index contributed by atoms with van der Waals surface area (Å²) in [7, 11) is 0. The number of halogens is 2. The van der Waals surface area contributed by atoms with Crippen LogP contribution in [0.5, 0.6) is 0 Å². The Kier molecular flexibility index (Phi) is 4.43. The SMILES string of the molecule is O=C(NN=Cc1ccccc1Cl)c1sc2ccccc2c1Cl. The van der Waals surface area contributed by atoms with Crippen LogP contribution in [-0.4, -0.2) is 12.1 Å². The third-order valence-corrected chi connectivity index (χ3v) is 5.03. The van der Waals surface area contributed by atoms with Crippen molar-refractivity contribution in [2.75, 3.05) is 0 Å². The number of fused-ring (bicyclic) bond motifs is 1. The van der Waals surface area contributed by atoms with Crippen molar-refractivity contribution in [2.24, 2.45) is 5.10 Å². The highest BCUT2D eigenvalue weighted by atomic mass is 35.5. The molecule has 0 spiro atoms. The van der Waals surface area contributed by atoms with Crippen LogP contribution in [0.1, 0.15) is 15.2 Å². The highest BCUT2D eigenvalue weighted by molar-refractivity contribution is 7.21. The molecular weight excluding hydrogens is 339 g/mol. The fourth-order valence-electron chi connectivity index (χ4n) is 1.95. The van der Waals surface area contributed by atoms with Crippen LogP contribution in [0, 0.1) is 0 Å². The summed E-state index contributed by atoms with van der Waals surface area (Å²) in [4.78, 5) is 12.6. The molecule has 0 unspecified atom stereocenters. The molecule has 1 aromatic heterocycles. The summed E-state index contributed by atoms with van der Waals surface area (Å²) in [5.41, 5.74) is 3.20. The molecule has 2 aromatic carbocycles. The molecule has 1 amide bonds.